The Morgan fingerprint density at radius 2 is 1.72 bits per heavy atom. The van der Waals surface area contributed by atoms with Gasteiger partial charge in [-0.15, -0.1) is 11.3 Å². The molecule has 160 valence electrons. The second-order valence-electron chi connectivity index (χ2n) is 7.63. The topological polar surface area (TPSA) is 57.8 Å². The standard InChI is InChI=1S/C26H23N3O2S/c30-25(18-27-26(19-9-3-1-4-10-19)20-11-5-2-6-12-20)29-22(24-14-8-16-32-24)17-21(28-29)23-13-7-15-31-23/h1-16,22,26-27H,17-18H2. The predicted octanol–water partition coefficient (Wildman–Crippen LogP) is 5.40. The number of hydrazone groups is 1. The van der Waals surface area contributed by atoms with Crippen molar-refractivity contribution in [2.75, 3.05) is 6.54 Å². The van der Waals surface area contributed by atoms with Crippen molar-refractivity contribution in [1.29, 1.82) is 0 Å². The van der Waals surface area contributed by atoms with E-state index in [9.17, 15) is 4.79 Å². The van der Waals surface area contributed by atoms with E-state index in [1.807, 2.05) is 60.0 Å². The summed E-state index contributed by atoms with van der Waals surface area (Å²) in [5.74, 6) is 0.642. The van der Waals surface area contributed by atoms with Crippen molar-refractivity contribution < 1.29 is 9.21 Å². The van der Waals surface area contributed by atoms with Crippen molar-refractivity contribution in [1.82, 2.24) is 10.3 Å². The average molecular weight is 442 g/mol. The average Bonchev–Trinajstić information content (AvgIpc) is 3.62. The number of nitrogens with one attached hydrogen (secondary N) is 1. The molecular weight excluding hydrogens is 418 g/mol. The van der Waals surface area contributed by atoms with E-state index in [2.05, 4.69) is 40.8 Å². The van der Waals surface area contributed by atoms with E-state index in [0.29, 0.717) is 12.2 Å². The van der Waals surface area contributed by atoms with E-state index >= 15 is 0 Å². The summed E-state index contributed by atoms with van der Waals surface area (Å²) in [5.41, 5.74) is 3.02. The predicted molar refractivity (Wildman–Crippen MR) is 126 cm³/mol. The first-order chi connectivity index (χ1) is 15.8. The Balaban J connectivity index is 1.38. The third kappa shape index (κ3) is 4.28. The second-order valence-corrected chi connectivity index (χ2v) is 8.61. The highest BCUT2D eigenvalue weighted by Gasteiger charge is 2.34. The van der Waals surface area contributed by atoms with Crippen molar-refractivity contribution in [2.45, 2.75) is 18.5 Å². The van der Waals surface area contributed by atoms with E-state index < -0.39 is 0 Å². The molecule has 0 fully saturated rings. The minimum Gasteiger partial charge on any atom is -0.463 e. The van der Waals surface area contributed by atoms with Crippen LogP contribution in [0.3, 0.4) is 0 Å². The Morgan fingerprint density at radius 1 is 1.00 bits per heavy atom. The van der Waals surface area contributed by atoms with Crippen LogP contribution >= 0.6 is 11.3 Å². The van der Waals surface area contributed by atoms with Crippen LogP contribution in [0.5, 0.6) is 0 Å². The molecule has 1 aliphatic heterocycles. The van der Waals surface area contributed by atoms with Gasteiger partial charge in [-0.2, -0.15) is 5.10 Å². The highest BCUT2D eigenvalue weighted by molar-refractivity contribution is 7.10. The summed E-state index contributed by atoms with van der Waals surface area (Å²) in [6.45, 7) is 0.172. The van der Waals surface area contributed by atoms with Crippen LogP contribution < -0.4 is 5.32 Å². The lowest BCUT2D eigenvalue weighted by molar-refractivity contribution is -0.132. The van der Waals surface area contributed by atoms with Gasteiger partial charge in [0.05, 0.1) is 24.9 Å². The van der Waals surface area contributed by atoms with Crippen LogP contribution in [0, 0.1) is 0 Å². The third-order valence-electron chi connectivity index (χ3n) is 5.57. The molecule has 3 heterocycles. The number of furan rings is 1. The van der Waals surface area contributed by atoms with E-state index in [1.54, 1.807) is 22.6 Å². The van der Waals surface area contributed by atoms with Gasteiger partial charge in [-0.05, 0) is 34.7 Å². The normalized spacial score (nSPS) is 15.8. The number of amides is 1. The molecule has 1 N–H and O–H groups in total. The number of nitrogens with zero attached hydrogens (tertiary/aromatic N) is 2. The zero-order valence-electron chi connectivity index (χ0n) is 17.4. The molecule has 32 heavy (non-hydrogen) atoms. The minimum absolute atomic E-state index is 0.0678. The largest absolute Gasteiger partial charge is 0.463 e. The van der Waals surface area contributed by atoms with Crippen LogP contribution in [0.2, 0.25) is 0 Å². The van der Waals surface area contributed by atoms with Gasteiger partial charge in [-0.3, -0.25) is 10.1 Å². The fourth-order valence-corrected chi connectivity index (χ4v) is 4.84. The molecule has 1 aliphatic rings. The van der Waals surface area contributed by atoms with Gasteiger partial charge in [0.25, 0.3) is 5.91 Å². The monoisotopic (exact) mass is 441 g/mol. The lowest BCUT2D eigenvalue weighted by Crippen LogP contribution is -2.37. The first-order valence-corrected chi connectivity index (χ1v) is 11.5. The van der Waals surface area contributed by atoms with Crippen molar-refractivity contribution in [3.8, 4) is 0 Å². The van der Waals surface area contributed by atoms with Crippen molar-refractivity contribution in [3.05, 3.63) is 118 Å². The molecule has 2 aromatic heterocycles. The summed E-state index contributed by atoms with van der Waals surface area (Å²) in [4.78, 5) is 14.5. The SMILES string of the molecule is O=C(CNC(c1ccccc1)c1ccccc1)N1N=C(c2ccco2)CC1c1cccs1. The number of rotatable bonds is 7. The number of benzene rings is 2. The lowest BCUT2D eigenvalue weighted by atomic mass is 9.99. The zero-order valence-corrected chi connectivity index (χ0v) is 18.2. The van der Waals surface area contributed by atoms with Crippen molar-refractivity contribution in [3.63, 3.8) is 0 Å². The Kier molecular flexibility index (Phi) is 5.96. The van der Waals surface area contributed by atoms with E-state index in [1.165, 1.54) is 0 Å². The molecule has 5 nitrogen and oxygen atoms in total. The molecular formula is C26H23N3O2S. The van der Waals surface area contributed by atoms with Gasteiger partial charge in [0.2, 0.25) is 0 Å². The molecule has 0 aliphatic carbocycles. The lowest BCUT2D eigenvalue weighted by Gasteiger charge is -2.24. The van der Waals surface area contributed by atoms with E-state index in [4.69, 9.17) is 4.42 Å². The Morgan fingerprint density at radius 3 is 2.31 bits per heavy atom. The van der Waals surface area contributed by atoms with Gasteiger partial charge in [-0.25, -0.2) is 5.01 Å². The fraction of sp³-hybridized carbons (Fsp3) is 0.154. The minimum atomic E-state index is -0.115. The van der Waals surface area contributed by atoms with Crippen LogP contribution in [0.1, 0.15) is 40.3 Å². The second kappa shape index (κ2) is 9.34. The molecule has 0 saturated carbocycles. The van der Waals surface area contributed by atoms with E-state index in [0.717, 1.165) is 21.7 Å². The van der Waals surface area contributed by atoms with Gasteiger partial charge in [-0.1, -0.05) is 66.7 Å². The molecule has 1 atom stereocenters. The molecule has 1 unspecified atom stereocenters. The fourth-order valence-electron chi connectivity index (χ4n) is 4.02. The first-order valence-electron chi connectivity index (χ1n) is 10.6. The molecule has 5 rings (SSSR count). The summed E-state index contributed by atoms with van der Waals surface area (Å²) < 4.78 is 5.54. The number of carbonyl (C=O) groups is 1. The molecule has 4 aromatic rings. The van der Waals surface area contributed by atoms with Crippen LogP contribution in [0.4, 0.5) is 0 Å². The maximum atomic E-state index is 13.4. The van der Waals surface area contributed by atoms with Crippen LogP contribution in [-0.2, 0) is 4.79 Å². The molecule has 1 amide bonds. The Hall–Kier alpha value is -3.48. The summed E-state index contributed by atoms with van der Waals surface area (Å²) in [6, 6.07) is 28.0. The van der Waals surface area contributed by atoms with Gasteiger partial charge in [0.1, 0.15) is 11.5 Å². The van der Waals surface area contributed by atoms with Gasteiger partial charge in [0, 0.05) is 11.3 Å². The highest BCUT2D eigenvalue weighted by Crippen LogP contribution is 2.35. The van der Waals surface area contributed by atoms with E-state index in [-0.39, 0.29) is 24.5 Å². The molecule has 0 radical (unpaired) electrons. The van der Waals surface area contributed by atoms with Gasteiger partial charge in [0.15, 0.2) is 0 Å². The highest BCUT2D eigenvalue weighted by atomic mass is 32.1. The zero-order chi connectivity index (χ0) is 21.8. The quantitative estimate of drug-likeness (QED) is 0.418. The first kappa shape index (κ1) is 20.4. The van der Waals surface area contributed by atoms with Crippen molar-refractivity contribution in [2.24, 2.45) is 5.10 Å². The number of thiophene rings is 1. The summed E-state index contributed by atoms with van der Waals surface area (Å²) in [6.07, 6.45) is 2.27. The van der Waals surface area contributed by atoms with Crippen LogP contribution in [-0.4, -0.2) is 23.2 Å². The Labute approximate surface area is 191 Å². The molecule has 0 saturated heterocycles. The van der Waals surface area contributed by atoms with Gasteiger partial charge < -0.3 is 4.42 Å². The molecule has 0 spiro atoms. The van der Waals surface area contributed by atoms with Crippen LogP contribution in [0.25, 0.3) is 0 Å². The summed E-state index contributed by atoms with van der Waals surface area (Å²) in [5, 5.41) is 11.8. The number of carbonyl (C=O) groups excluding carboxylic acids is 1. The number of hydrogen-bond acceptors (Lipinski definition) is 5. The van der Waals surface area contributed by atoms with Crippen molar-refractivity contribution >= 4 is 23.0 Å². The molecule has 2 aromatic carbocycles. The van der Waals surface area contributed by atoms with Gasteiger partial charge >= 0.3 is 0 Å². The summed E-state index contributed by atoms with van der Waals surface area (Å²) in [7, 11) is 0. The smallest absolute Gasteiger partial charge is 0.257 e. The molecule has 6 heteroatoms. The number of hydrogen-bond donors (Lipinski definition) is 1. The Bertz CT molecular complexity index is 1130. The maximum absolute atomic E-state index is 13.4. The third-order valence-corrected chi connectivity index (χ3v) is 6.54. The summed E-state index contributed by atoms with van der Waals surface area (Å²) >= 11 is 1.64. The van der Waals surface area contributed by atoms with Crippen LogP contribution in [0.15, 0.2) is 106 Å². The maximum Gasteiger partial charge on any atom is 0.257 e. The molecule has 0 bridgehead atoms.